The first-order valence-electron chi connectivity index (χ1n) is 5.10. The SMILES string of the molecule is CCC(CCNC)OC1=CNCC1. The Morgan fingerprint density at radius 2 is 2.54 bits per heavy atom. The van der Waals surface area contributed by atoms with Crippen molar-refractivity contribution >= 4 is 0 Å². The molecule has 0 saturated heterocycles. The van der Waals surface area contributed by atoms with Crippen molar-refractivity contribution in [2.75, 3.05) is 20.1 Å². The summed E-state index contributed by atoms with van der Waals surface area (Å²) < 4.78 is 5.82. The van der Waals surface area contributed by atoms with Crippen molar-refractivity contribution < 1.29 is 4.74 Å². The van der Waals surface area contributed by atoms with Gasteiger partial charge in [0.25, 0.3) is 0 Å². The van der Waals surface area contributed by atoms with Gasteiger partial charge in [-0.05, 0) is 26.4 Å². The van der Waals surface area contributed by atoms with Crippen LogP contribution < -0.4 is 10.6 Å². The van der Waals surface area contributed by atoms with Gasteiger partial charge in [0, 0.05) is 19.2 Å². The van der Waals surface area contributed by atoms with Crippen molar-refractivity contribution in [3.05, 3.63) is 12.0 Å². The van der Waals surface area contributed by atoms with Crippen molar-refractivity contribution in [1.82, 2.24) is 10.6 Å². The number of nitrogens with one attached hydrogen (secondary N) is 2. The van der Waals surface area contributed by atoms with Crippen LogP contribution in [0, 0.1) is 0 Å². The molecule has 13 heavy (non-hydrogen) atoms. The Kier molecular flexibility index (Phi) is 4.68. The second-order valence-corrected chi connectivity index (χ2v) is 3.36. The van der Waals surface area contributed by atoms with Crippen molar-refractivity contribution in [3.8, 4) is 0 Å². The number of ether oxygens (including phenoxy) is 1. The molecule has 0 aliphatic carbocycles. The summed E-state index contributed by atoms with van der Waals surface area (Å²) in [7, 11) is 1.98. The zero-order valence-corrected chi connectivity index (χ0v) is 8.60. The molecule has 0 bridgehead atoms. The fourth-order valence-electron chi connectivity index (χ4n) is 1.41. The zero-order chi connectivity index (χ0) is 9.52. The third-order valence-corrected chi connectivity index (χ3v) is 2.27. The van der Waals surface area contributed by atoms with E-state index in [0.29, 0.717) is 6.10 Å². The highest BCUT2D eigenvalue weighted by Gasteiger charge is 2.11. The Balaban J connectivity index is 2.21. The van der Waals surface area contributed by atoms with Gasteiger partial charge in [0.2, 0.25) is 0 Å². The normalized spacial score (nSPS) is 17.8. The predicted octanol–water partition coefficient (Wildman–Crippen LogP) is 1.23. The Hall–Kier alpha value is -0.700. The maximum atomic E-state index is 5.82. The summed E-state index contributed by atoms with van der Waals surface area (Å²) >= 11 is 0. The molecule has 1 unspecified atom stereocenters. The first-order valence-corrected chi connectivity index (χ1v) is 5.10. The summed E-state index contributed by atoms with van der Waals surface area (Å²) in [5, 5.41) is 6.30. The third-order valence-electron chi connectivity index (χ3n) is 2.27. The monoisotopic (exact) mass is 184 g/mol. The Labute approximate surface area is 80.5 Å². The molecule has 1 aliphatic heterocycles. The summed E-state index contributed by atoms with van der Waals surface area (Å²) in [5.41, 5.74) is 0. The van der Waals surface area contributed by atoms with Crippen molar-refractivity contribution in [2.45, 2.75) is 32.3 Å². The van der Waals surface area contributed by atoms with E-state index in [2.05, 4.69) is 17.6 Å². The van der Waals surface area contributed by atoms with E-state index in [-0.39, 0.29) is 0 Å². The summed E-state index contributed by atoms with van der Waals surface area (Å²) in [6, 6.07) is 0. The molecule has 0 amide bonds. The van der Waals surface area contributed by atoms with E-state index in [1.807, 2.05) is 13.2 Å². The van der Waals surface area contributed by atoms with E-state index in [0.717, 1.165) is 38.1 Å². The number of rotatable bonds is 6. The maximum absolute atomic E-state index is 5.82. The molecular formula is C10H20N2O. The van der Waals surface area contributed by atoms with Crippen molar-refractivity contribution in [2.24, 2.45) is 0 Å². The van der Waals surface area contributed by atoms with Gasteiger partial charge in [-0.2, -0.15) is 0 Å². The van der Waals surface area contributed by atoms with Crippen LogP contribution >= 0.6 is 0 Å². The Morgan fingerprint density at radius 3 is 3.08 bits per heavy atom. The molecule has 1 atom stereocenters. The van der Waals surface area contributed by atoms with Crippen LogP contribution in [0.3, 0.4) is 0 Å². The number of hydrogen-bond acceptors (Lipinski definition) is 3. The molecule has 1 heterocycles. The molecule has 0 aromatic rings. The summed E-state index contributed by atoms with van der Waals surface area (Å²) in [4.78, 5) is 0. The highest BCUT2D eigenvalue weighted by molar-refractivity contribution is 4.99. The quantitative estimate of drug-likeness (QED) is 0.651. The summed E-state index contributed by atoms with van der Waals surface area (Å²) in [6.07, 6.45) is 5.57. The van der Waals surface area contributed by atoms with Crippen LogP contribution in [0.1, 0.15) is 26.2 Å². The Morgan fingerprint density at radius 1 is 1.69 bits per heavy atom. The average molecular weight is 184 g/mol. The predicted molar refractivity (Wildman–Crippen MR) is 54.4 cm³/mol. The highest BCUT2D eigenvalue weighted by Crippen LogP contribution is 2.14. The first kappa shape index (κ1) is 10.4. The summed E-state index contributed by atoms with van der Waals surface area (Å²) in [6.45, 7) is 4.22. The minimum absolute atomic E-state index is 0.374. The van der Waals surface area contributed by atoms with Gasteiger partial charge in [0.05, 0.1) is 6.10 Å². The molecule has 2 N–H and O–H groups in total. The fraction of sp³-hybridized carbons (Fsp3) is 0.800. The van der Waals surface area contributed by atoms with Crippen LogP contribution in [0.15, 0.2) is 12.0 Å². The van der Waals surface area contributed by atoms with Gasteiger partial charge in [-0.1, -0.05) is 6.92 Å². The van der Waals surface area contributed by atoms with E-state index < -0.39 is 0 Å². The molecule has 1 rings (SSSR count). The topological polar surface area (TPSA) is 33.3 Å². The molecule has 76 valence electrons. The second-order valence-electron chi connectivity index (χ2n) is 3.36. The standard InChI is InChI=1S/C10H20N2O/c1-3-9(4-6-11-2)13-10-5-7-12-8-10/h8-9,11-12H,3-7H2,1-2H3. The van der Waals surface area contributed by atoms with Gasteiger partial charge in [-0.3, -0.25) is 0 Å². The molecule has 0 spiro atoms. The van der Waals surface area contributed by atoms with Gasteiger partial charge in [-0.25, -0.2) is 0 Å². The van der Waals surface area contributed by atoms with Gasteiger partial charge in [0.15, 0.2) is 0 Å². The lowest BCUT2D eigenvalue weighted by Crippen LogP contribution is -2.18. The van der Waals surface area contributed by atoms with Crippen LogP contribution in [0.25, 0.3) is 0 Å². The highest BCUT2D eigenvalue weighted by atomic mass is 16.5. The molecule has 1 aliphatic rings. The van der Waals surface area contributed by atoms with Crippen LogP contribution in [-0.2, 0) is 4.74 Å². The van der Waals surface area contributed by atoms with Crippen LogP contribution in [0.5, 0.6) is 0 Å². The van der Waals surface area contributed by atoms with Crippen molar-refractivity contribution in [1.29, 1.82) is 0 Å². The molecule has 0 radical (unpaired) electrons. The molecule has 3 nitrogen and oxygen atoms in total. The average Bonchev–Trinajstić information content (AvgIpc) is 2.64. The van der Waals surface area contributed by atoms with Gasteiger partial charge in [0.1, 0.15) is 5.76 Å². The number of hydrogen-bond donors (Lipinski definition) is 2. The van der Waals surface area contributed by atoms with E-state index >= 15 is 0 Å². The van der Waals surface area contributed by atoms with Crippen molar-refractivity contribution in [3.63, 3.8) is 0 Å². The van der Waals surface area contributed by atoms with E-state index in [4.69, 9.17) is 4.74 Å². The van der Waals surface area contributed by atoms with Crippen LogP contribution in [0.2, 0.25) is 0 Å². The molecule has 0 saturated carbocycles. The van der Waals surface area contributed by atoms with Crippen LogP contribution in [-0.4, -0.2) is 26.2 Å². The lowest BCUT2D eigenvalue weighted by molar-refractivity contribution is 0.102. The van der Waals surface area contributed by atoms with Gasteiger partial charge in [-0.15, -0.1) is 0 Å². The Bertz CT molecular complexity index is 168. The molecule has 0 aromatic heterocycles. The second kappa shape index (κ2) is 5.86. The van der Waals surface area contributed by atoms with E-state index in [1.165, 1.54) is 0 Å². The maximum Gasteiger partial charge on any atom is 0.114 e. The van der Waals surface area contributed by atoms with E-state index in [9.17, 15) is 0 Å². The lowest BCUT2D eigenvalue weighted by Gasteiger charge is -2.17. The molecule has 3 heteroatoms. The third kappa shape index (κ3) is 3.68. The summed E-state index contributed by atoms with van der Waals surface area (Å²) in [5.74, 6) is 1.11. The largest absolute Gasteiger partial charge is 0.493 e. The van der Waals surface area contributed by atoms with Crippen LogP contribution in [0.4, 0.5) is 0 Å². The van der Waals surface area contributed by atoms with Gasteiger partial charge < -0.3 is 15.4 Å². The zero-order valence-electron chi connectivity index (χ0n) is 8.60. The minimum atomic E-state index is 0.374. The molecule has 0 aromatic carbocycles. The van der Waals surface area contributed by atoms with E-state index in [1.54, 1.807) is 0 Å². The molecule has 0 fully saturated rings. The first-order chi connectivity index (χ1) is 6.36. The lowest BCUT2D eigenvalue weighted by atomic mass is 10.2. The van der Waals surface area contributed by atoms with Gasteiger partial charge >= 0.3 is 0 Å². The minimum Gasteiger partial charge on any atom is -0.493 e. The molecular weight excluding hydrogens is 164 g/mol. The smallest absolute Gasteiger partial charge is 0.114 e. The fourth-order valence-corrected chi connectivity index (χ4v) is 1.41.